The molecule has 0 bridgehead atoms. The normalized spacial score (nSPS) is 10.8. The number of aromatic hydroxyl groups is 1. The third-order valence-electron chi connectivity index (χ3n) is 4.86. The fourth-order valence-electron chi connectivity index (χ4n) is 3.18. The highest BCUT2D eigenvalue weighted by atomic mass is 16.5. The van der Waals surface area contributed by atoms with E-state index in [-0.39, 0.29) is 5.97 Å². The summed E-state index contributed by atoms with van der Waals surface area (Å²) in [4.78, 5) is 12.2. The minimum absolute atomic E-state index is 0.220. The average molecular weight is 369 g/mol. The summed E-state index contributed by atoms with van der Waals surface area (Å²) >= 11 is 0. The molecule has 0 saturated carbocycles. The summed E-state index contributed by atoms with van der Waals surface area (Å²) in [6.07, 6.45) is 7.02. The number of rotatable bonds is 10. The van der Waals surface area contributed by atoms with E-state index in [0.29, 0.717) is 24.3 Å². The number of carbonyl (C=O) groups is 1. The predicted molar refractivity (Wildman–Crippen MR) is 110 cm³/mol. The third kappa shape index (κ3) is 6.42. The quantitative estimate of drug-likeness (QED) is 0.418. The molecule has 0 spiro atoms. The zero-order valence-electron chi connectivity index (χ0n) is 16.9. The Balaban J connectivity index is 2.07. The largest absolute Gasteiger partial charge is 0.507 e. The molecule has 0 aliphatic rings. The Morgan fingerprint density at radius 3 is 2.11 bits per heavy atom. The zero-order chi connectivity index (χ0) is 19.6. The molecule has 146 valence electrons. The highest BCUT2D eigenvalue weighted by Gasteiger charge is 2.12. The number of esters is 1. The van der Waals surface area contributed by atoms with Crippen LogP contribution in [0.1, 0.15) is 68.2 Å². The van der Waals surface area contributed by atoms with Crippen LogP contribution in [-0.4, -0.2) is 11.1 Å². The third-order valence-corrected chi connectivity index (χ3v) is 4.86. The maximum absolute atomic E-state index is 12.2. The summed E-state index contributed by atoms with van der Waals surface area (Å²) < 4.78 is 5.49. The highest BCUT2D eigenvalue weighted by Crippen LogP contribution is 2.28. The van der Waals surface area contributed by atoms with Gasteiger partial charge in [0.1, 0.15) is 11.5 Å². The number of unbranched alkanes of at least 4 members (excludes halogenated alkanes) is 2. The van der Waals surface area contributed by atoms with Crippen molar-refractivity contribution < 1.29 is 14.6 Å². The second-order valence-corrected chi connectivity index (χ2v) is 7.21. The first-order valence-electron chi connectivity index (χ1n) is 10.1. The number of hydrogen-bond acceptors (Lipinski definition) is 3. The summed E-state index contributed by atoms with van der Waals surface area (Å²) in [6, 6.07) is 11.7. The van der Waals surface area contributed by atoms with Crippen molar-refractivity contribution in [1.82, 2.24) is 0 Å². The van der Waals surface area contributed by atoms with Crippen LogP contribution in [-0.2, 0) is 24.1 Å². The molecule has 0 fully saturated rings. The summed E-state index contributed by atoms with van der Waals surface area (Å²) in [6.45, 7) is 6.24. The predicted octanol–water partition coefficient (Wildman–Crippen LogP) is 5.92. The number of phenolic OH excluding ortho intramolecular Hbond substituents is 1. The van der Waals surface area contributed by atoms with Crippen molar-refractivity contribution in [2.24, 2.45) is 0 Å². The van der Waals surface area contributed by atoms with Gasteiger partial charge in [-0.05, 0) is 67.3 Å². The van der Waals surface area contributed by atoms with Crippen molar-refractivity contribution in [3.05, 3.63) is 58.7 Å². The molecule has 0 aromatic heterocycles. The molecule has 2 aromatic carbocycles. The van der Waals surface area contributed by atoms with Crippen LogP contribution in [0.2, 0.25) is 0 Å². The van der Waals surface area contributed by atoms with Crippen molar-refractivity contribution >= 4 is 5.97 Å². The molecule has 2 aromatic rings. The lowest BCUT2D eigenvalue weighted by molar-refractivity contribution is -0.134. The van der Waals surface area contributed by atoms with Crippen LogP contribution in [0.3, 0.4) is 0 Å². The number of para-hydroxylation sites is 1. The van der Waals surface area contributed by atoms with Gasteiger partial charge in [0.25, 0.3) is 0 Å². The van der Waals surface area contributed by atoms with Crippen LogP contribution in [0, 0.1) is 6.92 Å². The molecular weight excluding hydrogens is 336 g/mol. The van der Waals surface area contributed by atoms with E-state index < -0.39 is 0 Å². The van der Waals surface area contributed by atoms with Crippen LogP contribution < -0.4 is 4.74 Å². The molecule has 27 heavy (non-hydrogen) atoms. The monoisotopic (exact) mass is 368 g/mol. The molecule has 0 radical (unpaired) electrons. The summed E-state index contributed by atoms with van der Waals surface area (Å²) in [5.41, 5.74) is 4.08. The van der Waals surface area contributed by atoms with Gasteiger partial charge in [0.15, 0.2) is 0 Å². The van der Waals surface area contributed by atoms with Gasteiger partial charge in [-0.2, -0.15) is 0 Å². The lowest BCUT2D eigenvalue weighted by Gasteiger charge is -2.13. The second-order valence-electron chi connectivity index (χ2n) is 7.21. The van der Waals surface area contributed by atoms with Gasteiger partial charge >= 0.3 is 5.97 Å². The summed E-state index contributed by atoms with van der Waals surface area (Å²) in [5, 5.41) is 10.6. The van der Waals surface area contributed by atoms with E-state index in [9.17, 15) is 9.90 Å². The topological polar surface area (TPSA) is 46.5 Å². The molecular formula is C24H32O3. The van der Waals surface area contributed by atoms with Crippen molar-refractivity contribution in [2.75, 3.05) is 0 Å². The van der Waals surface area contributed by atoms with Crippen LogP contribution in [0.25, 0.3) is 0 Å². The number of aryl methyl sites for hydroxylation is 4. The molecule has 3 heteroatoms. The SMILES string of the molecule is CCCCc1cc(CCC(=O)Oc2ccccc2C)cc(CCCC)c1O. The van der Waals surface area contributed by atoms with Crippen LogP contribution >= 0.6 is 0 Å². The summed E-state index contributed by atoms with van der Waals surface area (Å²) in [7, 11) is 0. The smallest absolute Gasteiger partial charge is 0.311 e. The van der Waals surface area contributed by atoms with E-state index in [1.165, 1.54) is 0 Å². The minimum Gasteiger partial charge on any atom is -0.507 e. The van der Waals surface area contributed by atoms with E-state index in [1.807, 2.05) is 31.2 Å². The van der Waals surface area contributed by atoms with Gasteiger partial charge in [0.05, 0.1) is 0 Å². The van der Waals surface area contributed by atoms with Crippen molar-refractivity contribution in [2.45, 2.75) is 72.1 Å². The van der Waals surface area contributed by atoms with Crippen molar-refractivity contribution in [1.29, 1.82) is 0 Å². The Morgan fingerprint density at radius 2 is 1.56 bits per heavy atom. The second kappa shape index (κ2) is 10.8. The van der Waals surface area contributed by atoms with Crippen molar-refractivity contribution in [3.8, 4) is 11.5 Å². The molecule has 0 amide bonds. The molecule has 0 unspecified atom stereocenters. The van der Waals surface area contributed by atoms with Gasteiger partial charge in [-0.15, -0.1) is 0 Å². The van der Waals surface area contributed by atoms with E-state index >= 15 is 0 Å². The molecule has 1 N–H and O–H groups in total. The van der Waals surface area contributed by atoms with E-state index in [1.54, 1.807) is 0 Å². The Morgan fingerprint density at radius 1 is 0.963 bits per heavy atom. The molecule has 3 nitrogen and oxygen atoms in total. The maximum Gasteiger partial charge on any atom is 0.311 e. The van der Waals surface area contributed by atoms with Crippen LogP contribution in [0.15, 0.2) is 36.4 Å². The fourth-order valence-corrected chi connectivity index (χ4v) is 3.18. The molecule has 0 saturated heterocycles. The van der Waals surface area contributed by atoms with Gasteiger partial charge in [-0.1, -0.05) is 57.0 Å². The lowest BCUT2D eigenvalue weighted by Crippen LogP contribution is -2.10. The molecule has 2 rings (SSSR count). The number of ether oxygens (including phenoxy) is 1. The van der Waals surface area contributed by atoms with Gasteiger partial charge in [0, 0.05) is 6.42 Å². The molecule has 0 atom stereocenters. The van der Waals surface area contributed by atoms with Gasteiger partial charge in [0.2, 0.25) is 0 Å². The van der Waals surface area contributed by atoms with Gasteiger partial charge < -0.3 is 9.84 Å². The maximum atomic E-state index is 12.2. The Hall–Kier alpha value is -2.29. The molecule has 0 heterocycles. The van der Waals surface area contributed by atoms with E-state index in [0.717, 1.165) is 60.8 Å². The number of phenols is 1. The summed E-state index contributed by atoms with van der Waals surface area (Å²) in [5.74, 6) is 0.853. The minimum atomic E-state index is -0.220. The first-order chi connectivity index (χ1) is 13.0. The lowest BCUT2D eigenvalue weighted by atomic mass is 9.95. The molecule has 0 aliphatic carbocycles. The zero-order valence-corrected chi connectivity index (χ0v) is 16.9. The van der Waals surface area contributed by atoms with Gasteiger partial charge in [-0.25, -0.2) is 0 Å². The average Bonchev–Trinajstić information content (AvgIpc) is 2.67. The van der Waals surface area contributed by atoms with E-state index in [2.05, 4.69) is 26.0 Å². The number of carbonyl (C=O) groups excluding carboxylic acids is 1. The Bertz CT molecular complexity index is 720. The Kier molecular flexibility index (Phi) is 8.38. The number of benzene rings is 2. The van der Waals surface area contributed by atoms with E-state index in [4.69, 9.17) is 4.74 Å². The van der Waals surface area contributed by atoms with Crippen LogP contribution in [0.5, 0.6) is 11.5 Å². The van der Waals surface area contributed by atoms with Gasteiger partial charge in [-0.3, -0.25) is 4.79 Å². The number of hydrogen-bond donors (Lipinski definition) is 1. The standard InChI is InChI=1S/C24H32O3/c1-4-6-11-20-16-19(17-21(24(20)26)12-7-5-2)14-15-23(25)27-22-13-9-8-10-18(22)3/h8-10,13,16-17,26H,4-7,11-12,14-15H2,1-3H3. The highest BCUT2D eigenvalue weighted by molar-refractivity contribution is 5.73. The Labute approximate surface area is 163 Å². The fraction of sp³-hybridized carbons (Fsp3) is 0.458. The van der Waals surface area contributed by atoms with Crippen molar-refractivity contribution in [3.63, 3.8) is 0 Å². The van der Waals surface area contributed by atoms with Crippen LogP contribution in [0.4, 0.5) is 0 Å². The molecule has 0 aliphatic heterocycles. The first-order valence-corrected chi connectivity index (χ1v) is 10.1. The first kappa shape index (κ1) is 21.0.